The highest BCUT2D eigenvalue weighted by Gasteiger charge is 2.28. The van der Waals surface area contributed by atoms with Crippen molar-refractivity contribution in [3.63, 3.8) is 0 Å². The van der Waals surface area contributed by atoms with Gasteiger partial charge >= 0.3 is 0 Å². The Hall–Kier alpha value is -0.610. The Morgan fingerprint density at radius 2 is 1.89 bits per heavy atom. The molecule has 2 heterocycles. The molecule has 1 N–H and O–H groups in total. The van der Waals surface area contributed by atoms with Crippen LogP contribution in [0.2, 0.25) is 0 Å². The zero-order chi connectivity index (χ0) is 12.8. The van der Waals surface area contributed by atoms with Crippen molar-refractivity contribution in [2.24, 2.45) is 0 Å². The van der Waals surface area contributed by atoms with E-state index >= 15 is 0 Å². The first kappa shape index (κ1) is 13.8. The van der Waals surface area contributed by atoms with Crippen LogP contribution in [0, 0.1) is 0 Å². The van der Waals surface area contributed by atoms with E-state index in [0.29, 0.717) is 18.6 Å². The lowest BCUT2D eigenvalue weighted by Gasteiger charge is -2.40. The van der Waals surface area contributed by atoms with Gasteiger partial charge in [-0.25, -0.2) is 0 Å². The number of carbonyl (C=O) groups excluding carboxylic acids is 1. The van der Waals surface area contributed by atoms with Gasteiger partial charge in [-0.15, -0.1) is 0 Å². The molecule has 0 aliphatic carbocycles. The van der Waals surface area contributed by atoms with Crippen LogP contribution in [0.15, 0.2) is 0 Å². The summed E-state index contributed by atoms with van der Waals surface area (Å²) in [4.78, 5) is 16.5. The first-order valence-electron chi connectivity index (χ1n) is 7.44. The average Bonchev–Trinajstić information content (AvgIpc) is 2.41. The molecule has 0 aromatic carbocycles. The lowest BCUT2D eigenvalue weighted by atomic mass is 9.99. The molecule has 0 unspecified atom stereocenters. The molecule has 1 amide bonds. The number of carbonyl (C=O) groups is 1. The zero-order valence-corrected chi connectivity index (χ0v) is 11.3. The topological polar surface area (TPSA) is 43.8 Å². The molecule has 0 radical (unpaired) electrons. The smallest absolute Gasteiger partial charge is 0.222 e. The highest BCUT2D eigenvalue weighted by Crippen LogP contribution is 2.21. The second-order valence-electron chi connectivity index (χ2n) is 5.55. The number of unbranched alkanes of at least 4 members (excludes halogenated alkanes) is 1. The molecule has 4 heteroatoms. The maximum atomic E-state index is 11.9. The molecule has 2 aliphatic rings. The molecule has 0 aromatic rings. The first-order valence-corrected chi connectivity index (χ1v) is 7.44. The summed E-state index contributed by atoms with van der Waals surface area (Å²) in [6.07, 6.45) is 7.28. The third-order valence-electron chi connectivity index (χ3n) is 4.24. The predicted molar refractivity (Wildman–Crippen MR) is 71.3 cm³/mol. The molecule has 0 atom stereocenters. The normalized spacial score (nSPS) is 23.6. The van der Waals surface area contributed by atoms with Crippen LogP contribution in [0.3, 0.4) is 0 Å². The van der Waals surface area contributed by atoms with Gasteiger partial charge in [-0.2, -0.15) is 0 Å². The van der Waals surface area contributed by atoms with Crippen molar-refractivity contribution in [2.45, 2.75) is 51.0 Å². The second-order valence-corrected chi connectivity index (χ2v) is 5.55. The lowest BCUT2D eigenvalue weighted by molar-refractivity contribution is -0.136. The van der Waals surface area contributed by atoms with Crippen molar-refractivity contribution in [3.8, 4) is 0 Å². The third-order valence-corrected chi connectivity index (χ3v) is 4.24. The number of hydrogen-bond acceptors (Lipinski definition) is 3. The Balaban J connectivity index is 1.70. The molecule has 2 rings (SSSR count). The minimum atomic E-state index is 0.304. The van der Waals surface area contributed by atoms with Gasteiger partial charge < -0.3 is 14.9 Å². The zero-order valence-electron chi connectivity index (χ0n) is 11.3. The fourth-order valence-electron chi connectivity index (χ4n) is 3.11. The molecule has 2 saturated heterocycles. The largest absolute Gasteiger partial charge is 0.396 e. The molecule has 18 heavy (non-hydrogen) atoms. The fraction of sp³-hybridized carbons (Fsp3) is 0.929. The first-order chi connectivity index (χ1) is 8.81. The molecule has 0 aromatic heterocycles. The van der Waals surface area contributed by atoms with Gasteiger partial charge in [0, 0.05) is 38.7 Å². The van der Waals surface area contributed by atoms with Crippen molar-refractivity contribution in [1.29, 1.82) is 0 Å². The average molecular weight is 254 g/mol. The molecular weight excluding hydrogens is 228 g/mol. The van der Waals surface area contributed by atoms with Crippen LogP contribution in [-0.2, 0) is 4.79 Å². The summed E-state index contributed by atoms with van der Waals surface area (Å²) in [5.74, 6) is 0.375. The number of amides is 1. The molecular formula is C14H26N2O2. The van der Waals surface area contributed by atoms with Crippen molar-refractivity contribution >= 4 is 5.91 Å². The Bertz CT molecular complexity index is 263. The van der Waals surface area contributed by atoms with Crippen molar-refractivity contribution in [2.75, 3.05) is 32.8 Å². The molecule has 4 nitrogen and oxygen atoms in total. The van der Waals surface area contributed by atoms with Gasteiger partial charge in [0.05, 0.1) is 0 Å². The Morgan fingerprint density at radius 1 is 1.11 bits per heavy atom. The van der Waals surface area contributed by atoms with Gasteiger partial charge in [-0.05, 0) is 45.1 Å². The number of nitrogens with zero attached hydrogens (tertiary/aromatic N) is 2. The van der Waals surface area contributed by atoms with Gasteiger partial charge in [0.2, 0.25) is 5.91 Å². The molecule has 0 spiro atoms. The van der Waals surface area contributed by atoms with E-state index in [2.05, 4.69) is 9.80 Å². The monoisotopic (exact) mass is 254 g/mol. The molecule has 104 valence electrons. The maximum Gasteiger partial charge on any atom is 0.222 e. The van der Waals surface area contributed by atoms with E-state index in [1.807, 2.05) is 0 Å². The second kappa shape index (κ2) is 7.10. The number of likely N-dealkylation sites (tertiary alicyclic amines) is 2. The van der Waals surface area contributed by atoms with E-state index in [0.717, 1.165) is 64.7 Å². The van der Waals surface area contributed by atoms with Gasteiger partial charge in [-0.3, -0.25) is 4.79 Å². The standard InChI is InChI=1S/C14H26N2O2/c17-12-4-3-8-15-10-6-13(7-11-15)16-9-2-1-5-14(16)18/h13,17H,1-12H2. The molecule has 2 fully saturated rings. The van der Waals surface area contributed by atoms with Crippen LogP contribution >= 0.6 is 0 Å². The van der Waals surface area contributed by atoms with Crippen LogP contribution in [0.5, 0.6) is 0 Å². The maximum absolute atomic E-state index is 11.9. The highest BCUT2D eigenvalue weighted by molar-refractivity contribution is 5.77. The molecule has 2 aliphatic heterocycles. The van der Waals surface area contributed by atoms with Gasteiger partial charge in [0.1, 0.15) is 0 Å². The van der Waals surface area contributed by atoms with E-state index in [4.69, 9.17) is 5.11 Å². The summed E-state index contributed by atoms with van der Waals surface area (Å²) in [7, 11) is 0. The molecule has 0 bridgehead atoms. The highest BCUT2D eigenvalue weighted by atomic mass is 16.2. The Labute approximate surface area is 110 Å². The van der Waals surface area contributed by atoms with Crippen LogP contribution in [0.4, 0.5) is 0 Å². The lowest BCUT2D eigenvalue weighted by Crippen LogP contribution is -2.49. The Kier molecular flexibility index (Phi) is 5.45. The fourth-order valence-corrected chi connectivity index (χ4v) is 3.11. The molecule has 0 saturated carbocycles. The van der Waals surface area contributed by atoms with Crippen LogP contribution < -0.4 is 0 Å². The minimum absolute atomic E-state index is 0.304. The number of hydrogen-bond donors (Lipinski definition) is 1. The van der Waals surface area contributed by atoms with Crippen molar-refractivity contribution in [3.05, 3.63) is 0 Å². The van der Waals surface area contributed by atoms with Crippen LogP contribution in [-0.4, -0.2) is 59.6 Å². The summed E-state index contributed by atoms with van der Waals surface area (Å²) >= 11 is 0. The van der Waals surface area contributed by atoms with Gasteiger partial charge in [0.25, 0.3) is 0 Å². The van der Waals surface area contributed by atoms with Gasteiger partial charge in [0.15, 0.2) is 0 Å². The summed E-state index contributed by atoms with van der Waals surface area (Å²) in [5.41, 5.74) is 0. The van der Waals surface area contributed by atoms with Crippen molar-refractivity contribution in [1.82, 2.24) is 9.80 Å². The number of piperidine rings is 2. The van der Waals surface area contributed by atoms with E-state index in [1.54, 1.807) is 0 Å². The Morgan fingerprint density at radius 3 is 2.56 bits per heavy atom. The number of aliphatic hydroxyl groups is 1. The van der Waals surface area contributed by atoms with Crippen molar-refractivity contribution < 1.29 is 9.90 Å². The van der Waals surface area contributed by atoms with E-state index in [-0.39, 0.29) is 0 Å². The SMILES string of the molecule is O=C1CCCCN1C1CCN(CCCCO)CC1. The predicted octanol–water partition coefficient (Wildman–Crippen LogP) is 1.24. The van der Waals surface area contributed by atoms with Crippen LogP contribution in [0.1, 0.15) is 44.9 Å². The minimum Gasteiger partial charge on any atom is -0.396 e. The quantitative estimate of drug-likeness (QED) is 0.751. The summed E-state index contributed by atoms with van der Waals surface area (Å²) in [5, 5.41) is 8.77. The number of aliphatic hydroxyl groups excluding tert-OH is 1. The summed E-state index contributed by atoms with van der Waals surface area (Å²) in [6, 6.07) is 0.492. The van der Waals surface area contributed by atoms with E-state index < -0.39 is 0 Å². The summed E-state index contributed by atoms with van der Waals surface area (Å²) in [6.45, 7) is 4.60. The van der Waals surface area contributed by atoms with Crippen LogP contribution in [0.25, 0.3) is 0 Å². The third kappa shape index (κ3) is 3.69. The van der Waals surface area contributed by atoms with E-state index in [9.17, 15) is 4.79 Å². The van der Waals surface area contributed by atoms with E-state index in [1.165, 1.54) is 6.42 Å². The number of rotatable bonds is 5. The summed E-state index contributed by atoms with van der Waals surface area (Å²) < 4.78 is 0. The van der Waals surface area contributed by atoms with Gasteiger partial charge in [-0.1, -0.05) is 0 Å².